The molecule has 0 heterocycles. The van der Waals surface area contributed by atoms with Gasteiger partial charge in [0.05, 0.1) is 13.0 Å². The minimum Gasteiger partial charge on any atom is -0.469 e. The topological polar surface area (TPSA) is 38.3 Å². The maximum Gasteiger partial charge on any atom is 0.310 e. The van der Waals surface area contributed by atoms with Crippen LogP contribution in [0.5, 0.6) is 0 Å². The van der Waals surface area contributed by atoms with E-state index in [0.717, 1.165) is 12.8 Å². The van der Waals surface area contributed by atoms with Gasteiger partial charge in [-0.2, -0.15) is 0 Å². The van der Waals surface area contributed by atoms with Gasteiger partial charge in [-0.25, -0.2) is 0 Å². The Kier molecular flexibility index (Phi) is 5.48. The molecule has 0 unspecified atom stereocenters. The Morgan fingerprint density at radius 2 is 1.56 bits per heavy atom. The predicted molar refractivity (Wildman–Crippen MR) is 72.4 cm³/mol. The third-order valence-corrected chi connectivity index (χ3v) is 4.57. The van der Waals surface area contributed by atoms with Gasteiger partial charge in [-0.15, -0.1) is 0 Å². The van der Waals surface area contributed by atoms with Crippen LogP contribution in [0.2, 0.25) is 0 Å². The number of hydrogen-bond donors (Lipinski definition) is 1. The molecule has 3 heteroatoms. The SMILES string of the molecule is COC(=O)[C@@H]1CCCCC[C@@H]1NC1CCCCC1. The van der Waals surface area contributed by atoms with Crippen molar-refractivity contribution in [1.29, 1.82) is 0 Å². The Balaban J connectivity index is 1.93. The van der Waals surface area contributed by atoms with Gasteiger partial charge in [-0.05, 0) is 25.7 Å². The normalized spacial score (nSPS) is 30.7. The van der Waals surface area contributed by atoms with E-state index in [1.165, 1.54) is 58.5 Å². The van der Waals surface area contributed by atoms with E-state index >= 15 is 0 Å². The number of carbonyl (C=O) groups is 1. The second-order valence-electron chi connectivity index (χ2n) is 5.88. The molecule has 2 atom stereocenters. The van der Waals surface area contributed by atoms with Crippen LogP contribution < -0.4 is 5.32 Å². The van der Waals surface area contributed by atoms with Crippen molar-refractivity contribution in [2.24, 2.45) is 5.92 Å². The molecule has 2 saturated carbocycles. The Labute approximate surface area is 111 Å². The second kappa shape index (κ2) is 7.13. The third kappa shape index (κ3) is 3.71. The fraction of sp³-hybridized carbons (Fsp3) is 0.933. The van der Waals surface area contributed by atoms with Gasteiger partial charge in [0.1, 0.15) is 0 Å². The van der Waals surface area contributed by atoms with Gasteiger partial charge in [0.2, 0.25) is 0 Å². The number of hydrogen-bond acceptors (Lipinski definition) is 3. The quantitative estimate of drug-likeness (QED) is 0.620. The molecule has 0 bridgehead atoms. The van der Waals surface area contributed by atoms with Crippen LogP contribution in [0.1, 0.15) is 64.2 Å². The van der Waals surface area contributed by atoms with Crippen LogP contribution in [0, 0.1) is 5.92 Å². The zero-order valence-electron chi connectivity index (χ0n) is 11.6. The summed E-state index contributed by atoms with van der Waals surface area (Å²) >= 11 is 0. The minimum atomic E-state index is -0.00907. The van der Waals surface area contributed by atoms with Gasteiger partial charge in [-0.3, -0.25) is 4.79 Å². The van der Waals surface area contributed by atoms with Crippen LogP contribution in [-0.4, -0.2) is 25.2 Å². The number of carbonyl (C=O) groups excluding carboxylic acids is 1. The first-order valence-corrected chi connectivity index (χ1v) is 7.65. The van der Waals surface area contributed by atoms with E-state index in [9.17, 15) is 4.79 Å². The molecule has 0 spiro atoms. The second-order valence-corrected chi connectivity index (χ2v) is 5.88. The molecule has 2 aliphatic rings. The maximum atomic E-state index is 11.9. The molecule has 2 aliphatic carbocycles. The molecule has 104 valence electrons. The smallest absolute Gasteiger partial charge is 0.310 e. The number of esters is 1. The highest BCUT2D eigenvalue weighted by molar-refractivity contribution is 5.73. The summed E-state index contributed by atoms with van der Waals surface area (Å²) in [6.45, 7) is 0. The molecule has 0 saturated heterocycles. The molecule has 0 amide bonds. The standard InChI is InChI=1S/C15H27NO2/c1-18-15(17)13-10-6-3-7-11-14(13)16-12-8-4-2-5-9-12/h12-14,16H,2-11H2,1H3/t13-,14+/m1/s1. The molecule has 1 N–H and O–H groups in total. The van der Waals surface area contributed by atoms with Crippen molar-refractivity contribution in [2.45, 2.75) is 76.3 Å². The van der Waals surface area contributed by atoms with Crippen LogP contribution in [0.25, 0.3) is 0 Å². The van der Waals surface area contributed by atoms with E-state index in [1.54, 1.807) is 0 Å². The van der Waals surface area contributed by atoms with E-state index in [0.29, 0.717) is 12.1 Å². The van der Waals surface area contributed by atoms with Crippen molar-refractivity contribution in [2.75, 3.05) is 7.11 Å². The monoisotopic (exact) mass is 253 g/mol. The summed E-state index contributed by atoms with van der Waals surface area (Å²) in [5.74, 6) is 0.0737. The Hall–Kier alpha value is -0.570. The number of ether oxygens (including phenoxy) is 1. The van der Waals surface area contributed by atoms with Gasteiger partial charge in [0.15, 0.2) is 0 Å². The lowest BCUT2D eigenvalue weighted by atomic mass is 9.90. The summed E-state index contributed by atoms with van der Waals surface area (Å²) in [4.78, 5) is 11.9. The molecule has 0 aromatic carbocycles. The third-order valence-electron chi connectivity index (χ3n) is 4.57. The van der Waals surface area contributed by atoms with Crippen molar-refractivity contribution < 1.29 is 9.53 Å². The van der Waals surface area contributed by atoms with Gasteiger partial charge in [0, 0.05) is 12.1 Å². The van der Waals surface area contributed by atoms with Crippen molar-refractivity contribution in [3.05, 3.63) is 0 Å². The van der Waals surface area contributed by atoms with Crippen molar-refractivity contribution in [3.63, 3.8) is 0 Å². The molecule has 0 aromatic rings. The fourth-order valence-corrected chi connectivity index (χ4v) is 3.51. The molecule has 2 rings (SSSR count). The van der Waals surface area contributed by atoms with E-state index in [4.69, 9.17) is 4.74 Å². The largest absolute Gasteiger partial charge is 0.469 e. The van der Waals surface area contributed by atoms with E-state index in [1.807, 2.05) is 0 Å². The summed E-state index contributed by atoms with van der Waals surface area (Å²) in [5.41, 5.74) is 0. The zero-order valence-corrected chi connectivity index (χ0v) is 11.6. The highest BCUT2D eigenvalue weighted by Crippen LogP contribution is 2.27. The van der Waals surface area contributed by atoms with Gasteiger partial charge in [0.25, 0.3) is 0 Å². The van der Waals surface area contributed by atoms with Crippen LogP contribution in [0.15, 0.2) is 0 Å². The molecule has 0 radical (unpaired) electrons. The van der Waals surface area contributed by atoms with E-state index in [2.05, 4.69) is 5.32 Å². The van der Waals surface area contributed by atoms with Gasteiger partial charge in [-0.1, -0.05) is 38.5 Å². The molecule has 0 aliphatic heterocycles. The molecular formula is C15H27NO2. The van der Waals surface area contributed by atoms with Crippen molar-refractivity contribution in [3.8, 4) is 0 Å². The van der Waals surface area contributed by atoms with E-state index < -0.39 is 0 Å². The number of methoxy groups -OCH3 is 1. The average Bonchev–Trinajstić information content (AvgIpc) is 2.64. The summed E-state index contributed by atoms with van der Waals surface area (Å²) in [7, 11) is 1.52. The molecule has 18 heavy (non-hydrogen) atoms. The lowest BCUT2D eigenvalue weighted by Gasteiger charge is -2.31. The highest BCUT2D eigenvalue weighted by Gasteiger charge is 2.31. The lowest BCUT2D eigenvalue weighted by Crippen LogP contribution is -2.45. The first-order chi connectivity index (χ1) is 8.81. The fourth-order valence-electron chi connectivity index (χ4n) is 3.51. The first-order valence-electron chi connectivity index (χ1n) is 7.65. The van der Waals surface area contributed by atoms with Crippen LogP contribution >= 0.6 is 0 Å². The van der Waals surface area contributed by atoms with Crippen LogP contribution in [0.4, 0.5) is 0 Å². The number of nitrogens with one attached hydrogen (secondary N) is 1. The lowest BCUT2D eigenvalue weighted by molar-refractivity contribution is -0.146. The van der Waals surface area contributed by atoms with Crippen molar-refractivity contribution in [1.82, 2.24) is 5.32 Å². The number of rotatable bonds is 3. The summed E-state index contributed by atoms with van der Waals surface area (Å²) in [5, 5.41) is 3.76. The zero-order chi connectivity index (χ0) is 12.8. The van der Waals surface area contributed by atoms with E-state index in [-0.39, 0.29) is 11.9 Å². The molecule has 0 aromatic heterocycles. The summed E-state index contributed by atoms with van der Waals surface area (Å²) in [6.07, 6.45) is 12.4. The van der Waals surface area contributed by atoms with Crippen LogP contribution in [-0.2, 0) is 9.53 Å². The van der Waals surface area contributed by atoms with Crippen molar-refractivity contribution >= 4 is 5.97 Å². The molecule has 3 nitrogen and oxygen atoms in total. The average molecular weight is 253 g/mol. The minimum absolute atomic E-state index is 0.00907. The molecule has 2 fully saturated rings. The predicted octanol–water partition coefficient (Wildman–Crippen LogP) is 3.03. The summed E-state index contributed by atoms with van der Waals surface area (Å²) < 4.78 is 4.99. The highest BCUT2D eigenvalue weighted by atomic mass is 16.5. The van der Waals surface area contributed by atoms with Gasteiger partial charge >= 0.3 is 5.97 Å². The Morgan fingerprint density at radius 1 is 0.944 bits per heavy atom. The van der Waals surface area contributed by atoms with Crippen LogP contribution in [0.3, 0.4) is 0 Å². The molecular weight excluding hydrogens is 226 g/mol. The first kappa shape index (κ1) is 13.9. The van der Waals surface area contributed by atoms with Gasteiger partial charge < -0.3 is 10.1 Å². The Bertz CT molecular complexity index is 261. The maximum absolute atomic E-state index is 11.9. The Morgan fingerprint density at radius 3 is 2.22 bits per heavy atom. The summed E-state index contributed by atoms with van der Waals surface area (Å²) in [6, 6.07) is 0.983.